The number of hydrogen-bond acceptors (Lipinski definition) is 2. The molecular weight excluding hydrogens is 224 g/mol. The summed E-state index contributed by atoms with van der Waals surface area (Å²) in [5, 5.41) is 3.01. The molecule has 1 aromatic rings. The molecule has 3 nitrogen and oxygen atoms in total. The van der Waals surface area contributed by atoms with Crippen LogP contribution in [0.15, 0.2) is 24.3 Å². The molecule has 1 aliphatic rings. The molecule has 1 aromatic carbocycles. The first kappa shape index (κ1) is 13.1. The highest BCUT2D eigenvalue weighted by Gasteiger charge is 2.27. The Labute approximate surface area is 109 Å². The van der Waals surface area contributed by atoms with Crippen molar-refractivity contribution >= 4 is 5.91 Å². The smallest absolute Gasteiger partial charge is 0.224 e. The summed E-state index contributed by atoms with van der Waals surface area (Å²) in [6.07, 6.45) is 4.18. The number of hydrogen-bond donors (Lipinski definition) is 2. The fourth-order valence-electron chi connectivity index (χ4n) is 2.63. The van der Waals surface area contributed by atoms with Gasteiger partial charge >= 0.3 is 0 Å². The number of benzene rings is 1. The van der Waals surface area contributed by atoms with E-state index in [4.69, 9.17) is 5.73 Å². The Morgan fingerprint density at radius 3 is 2.89 bits per heavy atom. The Morgan fingerprint density at radius 1 is 1.39 bits per heavy atom. The van der Waals surface area contributed by atoms with Gasteiger partial charge in [0.1, 0.15) is 0 Å². The van der Waals surface area contributed by atoms with Gasteiger partial charge in [-0.05, 0) is 25.3 Å². The van der Waals surface area contributed by atoms with Crippen molar-refractivity contribution in [3.8, 4) is 0 Å². The average Bonchev–Trinajstić information content (AvgIpc) is 2.37. The third-order valence-electron chi connectivity index (χ3n) is 3.71. The Balaban J connectivity index is 1.88. The lowest BCUT2D eigenvalue weighted by Gasteiger charge is -2.27. The van der Waals surface area contributed by atoms with Crippen molar-refractivity contribution in [2.75, 3.05) is 0 Å². The van der Waals surface area contributed by atoms with Crippen molar-refractivity contribution in [3.63, 3.8) is 0 Å². The minimum atomic E-state index is 0.00330. The second-order valence-electron chi connectivity index (χ2n) is 5.26. The first-order valence-electron chi connectivity index (χ1n) is 6.75. The highest BCUT2D eigenvalue weighted by Crippen LogP contribution is 2.23. The van der Waals surface area contributed by atoms with Gasteiger partial charge in [-0.15, -0.1) is 0 Å². The Bertz CT molecular complexity index is 417. The van der Waals surface area contributed by atoms with Crippen LogP contribution in [0.25, 0.3) is 0 Å². The number of amides is 1. The summed E-state index contributed by atoms with van der Waals surface area (Å²) in [5.74, 6) is 0.118. The van der Waals surface area contributed by atoms with Gasteiger partial charge in [-0.3, -0.25) is 4.79 Å². The third kappa shape index (κ3) is 3.33. The van der Waals surface area contributed by atoms with Gasteiger partial charge in [0.05, 0.1) is 5.92 Å². The predicted molar refractivity (Wildman–Crippen MR) is 73.0 cm³/mol. The summed E-state index contributed by atoms with van der Waals surface area (Å²) < 4.78 is 0. The van der Waals surface area contributed by atoms with E-state index in [2.05, 4.69) is 24.4 Å². The maximum atomic E-state index is 12.1. The SMILES string of the molecule is Cc1cccc(CNC(=O)C2CCCCC2N)c1. The molecule has 18 heavy (non-hydrogen) atoms. The maximum absolute atomic E-state index is 12.1. The second-order valence-corrected chi connectivity index (χ2v) is 5.26. The molecule has 0 heterocycles. The number of carbonyl (C=O) groups is 1. The molecule has 0 saturated heterocycles. The quantitative estimate of drug-likeness (QED) is 0.858. The van der Waals surface area contributed by atoms with Crippen molar-refractivity contribution < 1.29 is 4.79 Å². The van der Waals surface area contributed by atoms with Gasteiger partial charge in [0.25, 0.3) is 0 Å². The first-order chi connectivity index (χ1) is 8.66. The van der Waals surface area contributed by atoms with Crippen molar-refractivity contribution in [3.05, 3.63) is 35.4 Å². The van der Waals surface area contributed by atoms with E-state index in [0.29, 0.717) is 6.54 Å². The van der Waals surface area contributed by atoms with E-state index in [9.17, 15) is 4.79 Å². The third-order valence-corrected chi connectivity index (χ3v) is 3.71. The van der Waals surface area contributed by atoms with Crippen LogP contribution in [0.2, 0.25) is 0 Å². The van der Waals surface area contributed by atoms with Gasteiger partial charge in [-0.25, -0.2) is 0 Å². The molecule has 0 aliphatic heterocycles. The lowest BCUT2D eigenvalue weighted by molar-refractivity contribution is -0.126. The predicted octanol–water partition coefficient (Wildman–Crippen LogP) is 2.13. The topological polar surface area (TPSA) is 55.1 Å². The molecule has 0 aromatic heterocycles. The molecule has 2 rings (SSSR count). The zero-order chi connectivity index (χ0) is 13.0. The molecule has 98 valence electrons. The summed E-state index contributed by atoms with van der Waals surface area (Å²) in [7, 11) is 0. The van der Waals surface area contributed by atoms with Crippen LogP contribution < -0.4 is 11.1 Å². The Kier molecular flexibility index (Phi) is 4.37. The van der Waals surface area contributed by atoms with Gasteiger partial charge in [-0.1, -0.05) is 42.7 Å². The molecule has 0 spiro atoms. The second kappa shape index (κ2) is 6.01. The van der Waals surface area contributed by atoms with Crippen LogP contribution in [-0.2, 0) is 11.3 Å². The van der Waals surface area contributed by atoms with Crippen LogP contribution in [0.5, 0.6) is 0 Å². The van der Waals surface area contributed by atoms with Crippen molar-refractivity contribution in [1.29, 1.82) is 0 Å². The monoisotopic (exact) mass is 246 g/mol. The number of carbonyl (C=O) groups excluding carboxylic acids is 1. The zero-order valence-corrected chi connectivity index (χ0v) is 11.0. The van der Waals surface area contributed by atoms with Gasteiger partial charge in [0.15, 0.2) is 0 Å². The minimum Gasteiger partial charge on any atom is -0.352 e. The lowest BCUT2D eigenvalue weighted by Crippen LogP contribution is -2.43. The molecule has 3 N–H and O–H groups in total. The standard InChI is InChI=1S/C15H22N2O/c1-11-5-4-6-12(9-11)10-17-15(18)13-7-2-3-8-14(13)16/h4-6,9,13-14H,2-3,7-8,10,16H2,1H3,(H,17,18). The zero-order valence-electron chi connectivity index (χ0n) is 11.0. The van der Waals surface area contributed by atoms with Crippen molar-refractivity contribution in [2.45, 2.75) is 45.2 Å². The largest absolute Gasteiger partial charge is 0.352 e. The van der Waals surface area contributed by atoms with Crippen LogP contribution in [-0.4, -0.2) is 11.9 Å². The van der Waals surface area contributed by atoms with E-state index in [1.54, 1.807) is 0 Å². The molecular formula is C15H22N2O. The van der Waals surface area contributed by atoms with Gasteiger partial charge in [0.2, 0.25) is 5.91 Å². The summed E-state index contributed by atoms with van der Waals surface area (Å²) >= 11 is 0. The number of rotatable bonds is 3. The summed E-state index contributed by atoms with van der Waals surface area (Å²) in [6.45, 7) is 2.66. The van der Waals surface area contributed by atoms with Gasteiger partial charge < -0.3 is 11.1 Å². The normalized spacial score (nSPS) is 23.7. The molecule has 0 radical (unpaired) electrons. The molecule has 1 saturated carbocycles. The first-order valence-corrected chi connectivity index (χ1v) is 6.75. The van der Waals surface area contributed by atoms with E-state index in [1.807, 2.05) is 12.1 Å². The highest BCUT2D eigenvalue weighted by molar-refractivity contribution is 5.79. The minimum absolute atomic E-state index is 0.00330. The number of aryl methyl sites for hydroxylation is 1. The van der Waals surface area contributed by atoms with Crippen LogP contribution in [0.3, 0.4) is 0 Å². The van der Waals surface area contributed by atoms with Crippen LogP contribution in [0.4, 0.5) is 0 Å². The Hall–Kier alpha value is -1.35. The lowest BCUT2D eigenvalue weighted by atomic mass is 9.84. The highest BCUT2D eigenvalue weighted by atomic mass is 16.1. The van der Waals surface area contributed by atoms with E-state index >= 15 is 0 Å². The maximum Gasteiger partial charge on any atom is 0.224 e. The molecule has 0 bridgehead atoms. The average molecular weight is 246 g/mol. The summed E-state index contributed by atoms with van der Waals surface area (Å²) in [4.78, 5) is 12.1. The molecule has 3 heteroatoms. The Morgan fingerprint density at radius 2 is 2.17 bits per heavy atom. The summed E-state index contributed by atoms with van der Waals surface area (Å²) in [5.41, 5.74) is 8.38. The molecule has 2 unspecified atom stereocenters. The number of nitrogens with two attached hydrogens (primary N) is 1. The van der Waals surface area contributed by atoms with E-state index < -0.39 is 0 Å². The molecule has 2 atom stereocenters. The molecule has 1 fully saturated rings. The van der Waals surface area contributed by atoms with Gasteiger partial charge in [-0.2, -0.15) is 0 Å². The molecule has 1 aliphatic carbocycles. The van der Waals surface area contributed by atoms with E-state index in [1.165, 1.54) is 5.56 Å². The van der Waals surface area contributed by atoms with Crippen LogP contribution >= 0.6 is 0 Å². The fraction of sp³-hybridized carbons (Fsp3) is 0.533. The van der Waals surface area contributed by atoms with E-state index in [-0.39, 0.29) is 17.9 Å². The van der Waals surface area contributed by atoms with Crippen LogP contribution in [0.1, 0.15) is 36.8 Å². The van der Waals surface area contributed by atoms with Crippen LogP contribution in [0, 0.1) is 12.8 Å². The van der Waals surface area contributed by atoms with Crippen molar-refractivity contribution in [2.24, 2.45) is 11.7 Å². The molecule has 1 amide bonds. The van der Waals surface area contributed by atoms with Crippen molar-refractivity contribution in [1.82, 2.24) is 5.32 Å². The van der Waals surface area contributed by atoms with Gasteiger partial charge in [0, 0.05) is 12.6 Å². The fourth-order valence-corrected chi connectivity index (χ4v) is 2.63. The summed E-state index contributed by atoms with van der Waals surface area (Å²) in [6, 6.07) is 8.25. The van der Waals surface area contributed by atoms with E-state index in [0.717, 1.165) is 31.2 Å². The number of nitrogens with one attached hydrogen (secondary N) is 1.